The van der Waals surface area contributed by atoms with Crippen LogP contribution in [0, 0.1) is 0 Å². The van der Waals surface area contributed by atoms with Gasteiger partial charge in [0.2, 0.25) is 0 Å². The number of carbonyl (C=O) groups is 1. The van der Waals surface area contributed by atoms with Crippen molar-refractivity contribution in [3.05, 3.63) is 65.9 Å². The van der Waals surface area contributed by atoms with Crippen molar-refractivity contribution in [2.24, 2.45) is 4.99 Å². The first-order chi connectivity index (χ1) is 11.3. The van der Waals surface area contributed by atoms with Crippen molar-refractivity contribution in [2.75, 3.05) is 18.4 Å². The Labute approximate surface area is 145 Å². The molecule has 122 valence electrons. The van der Waals surface area contributed by atoms with E-state index < -0.39 is 0 Å². The summed E-state index contributed by atoms with van der Waals surface area (Å²) in [7, 11) is 0. The van der Waals surface area contributed by atoms with Gasteiger partial charge in [-0.15, -0.1) is 12.4 Å². The van der Waals surface area contributed by atoms with E-state index in [0.717, 1.165) is 35.6 Å². The van der Waals surface area contributed by atoms with Crippen LogP contribution in [0.3, 0.4) is 0 Å². The quantitative estimate of drug-likeness (QED) is 0.766. The fourth-order valence-corrected chi connectivity index (χ4v) is 2.59. The Kier molecular flexibility index (Phi) is 4.53. The maximum atomic E-state index is 12.3. The predicted octanol–water partition coefficient (Wildman–Crippen LogP) is 3.46. The van der Waals surface area contributed by atoms with Crippen molar-refractivity contribution in [1.82, 2.24) is 5.32 Å². The van der Waals surface area contributed by atoms with Crippen LogP contribution in [0.25, 0.3) is 11.0 Å². The molecule has 0 aliphatic carbocycles. The number of carbonyl (C=O) groups excluding carboxylic acids is 1. The molecule has 0 radical (unpaired) electrons. The Balaban J connectivity index is 0.00000169. The Morgan fingerprint density at radius 1 is 1.12 bits per heavy atom. The van der Waals surface area contributed by atoms with E-state index in [2.05, 4.69) is 15.6 Å². The Morgan fingerprint density at radius 2 is 1.92 bits per heavy atom. The van der Waals surface area contributed by atoms with E-state index >= 15 is 0 Å². The van der Waals surface area contributed by atoms with Crippen molar-refractivity contribution in [3.8, 4) is 0 Å². The average Bonchev–Trinajstić information content (AvgIpc) is 3.25. The van der Waals surface area contributed by atoms with Crippen LogP contribution in [0.1, 0.15) is 16.1 Å². The van der Waals surface area contributed by atoms with Crippen LogP contribution in [0.5, 0.6) is 0 Å². The summed E-state index contributed by atoms with van der Waals surface area (Å²) in [6, 6.07) is 16.9. The summed E-state index contributed by atoms with van der Waals surface area (Å²) in [5.74, 6) is 0.947. The van der Waals surface area contributed by atoms with E-state index in [9.17, 15) is 4.79 Å². The predicted molar refractivity (Wildman–Crippen MR) is 97.3 cm³/mol. The molecule has 5 nitrogen and oxygen atoms in total. The Morgan fingerprint density at radius 3 is 2.62 bits per heavy atom. The molecule has 0 bridgehead atoms. The molecule has 1 aliphatic rings. The maximum Gasteiger partial charge on any atom is 0.291 e. The zero-order chi connectivity index (χ0) is 15.6. The molecule has 2 N–H and O–H groups in total. The van der Waals surface area contributed by atoms with Crippen LogP contribution < -0.4 is 10.6 Å². The van der Waals surface area contributed by atoms with Gasteiger partial charge in [0.25, 0.3) is 5.91 Å². The molecule has 0 unspecified atom stereocenters. The number of aliphatic imine (C=N–C) groups is 1. The lowest BCUT2D eigenvalue weighted by Crippen LogP contribution is -2.19. The number of amides is 1. The normalized spacial score (nSPS) is 13.1. The van der Waals surface area contributed by atoms with E-state index in [-0.39, 0.29) is 18.3 Å². The van der Waals surface area contributed by atoms with Crippen LogP contribution >= 0.6 is 12.4 Å². The number of amidine groups is 1. The van der Waals surface area contributed by atoms with Crippen molar-refractivity contribution >= 4 is 40.8 Å². The lowest BCUT2D eigenvalue weighted by atomic mass is 10.2. The van der Waals surface area contributed by atoms with Crippen molar-refractivity contribution < 1.29 is 9.21 Å². The molecule has 0 atom stereocenters. The number of fused-ring (bicyclic) bond motifs is 1. The van der Waals surface area contributed by atoms with Crippen LogP contribution in [0.15, 0.2) is 64.0 Å². The third kappa shape index (κ3) is 3.12. The van der Waals surface area contributed by atoms with Gasteiger partial charge in [-0.3, -0.25) is 9.79 Å². The lowest BCUT2D eigenvalue weighted by molar-refractivity contribution is 0.0998. The minimum absolute atomic E-state index is 0. The van der Waals surface area contributed by atoms with Crippen molar-refractivity contribution in [1.29, 1.82) is 0 Å². The zero-order valence-corrected chi connectivity index (χ0v) is 13.6. The number of hydrogen-bond donors (Lipinski definition) is 2. The largest absolute Gasteiger partial charge is 0.451 e. The van der Waals surface area contributed by atoms with Gasteiger partial charge in [0.05, 0.1) is 6.54 Å². The number of halogens is 1. The number of nitrogens with zero attached hydrogens (tertiary/aromatic N) is 1. The third-order valence-corrected chi connectivity index (χ3v) is 3.74. The standard InChI is InChI=1S/C18H15N3O2.ClH/c22-18(16-11-13-3-1-2-4-15(13)23-16)21-14-7-5-12(6-8-14)17-19-9-10-20-17;/h1-8,11H,9-10H2,(H,19,20)(H,21,22);1H. The van der Waals surface area contributed by atoms with Crippen LogP contribution in [0.2, 0.25) is 0 Å². The molecule has 1 amide bonds. The second-order valence-corrected chi connectivity index (χ2v) is 5.34. The van der Waals surface area contributed by atoms with E-state index in [0.29, 0.717) is 11.3 Å². The molecule has 2 heterocycles. The smallest absolute Gasteiger partial charge is 0.291 e. The number of furan rings is 1. The van der Waals surface area contributed by atoms with E-state index in [1.807, 2.05) is 48.5 Å². The van der Waals surface area contributed by atoms with Gasteiger partial charge in [0.15, 0.2) is 5.76 Å². The van der Waals surface area contributed by atoms with Crippen molar-refractivity contribution in [2.45, 2.75) is 0 Å². The first-order valence-corrected chi connectivity index (χ1v) is 7.48. The summed E-state index contributed by atoms with van der Waals surface area (Å²) in [5, 5.41) is 6.98. The molecular formula is C18H16ClN3O2. The SMILES string of the molecule is Cl.O=C(Nc1ccc(C2=NCCN2)cc1)c1cc2ccccc2o1. The summed E-state index contributed by atoms with van der Waals surface area (Å²) < 4.78 is 5.57. The van der Waals surface area contributed by atoms with Crippen LogP contribution in [-0.4, -0.2) is 24.8 Å². The summed E-state index contributed by atoms with van der Waals surface area (Å²) in [5.41, 5.74) is 2.44. The van der Waals surface area contributed by atoms with E-state index in [4.69, 9.17) is 4.42 Å². The molecule has 4 rings (SSSR count). The van der Waals surface area contributed by atoms with Gasteiger partial charge >= 0.3 is 0 Å². The monoisotopic (exact) mass is 341 g/mol. The summed E-state index contributed by atoms with van der Waals surface area (Å²) in [6.45, 7) is 1.68. The molecular weight excluding hydrogens is 326 g/mol. The Hall–Kier alpha value is -2.79. The number of benzene rings is 2. The summed E-state index contributed by atoms with van der Waals surface area (Å²) in [6.07, 6.45) is 0. The first kappa shape index (κ1) is 16.1. The Bertz CT molecular complexity index is 867. The number of rotatable bonds is 3. The van der Waals surface area contributed by atoms with E-state index in [1.54, 1.807) is 6.07 Å². The highest BCUT2D eigenvalue weighted by Crippen LogP contribution is 2.20. The third-order valence-electron chi connectivity index (χ3n) is 3.74. The summed E-state index contributed by atoms with van der Waals surface area (Å²) in [4.78, 5) is 16.7. The molecule has 1 aliphatic heterocycles. The second-order valence-electron chi connectivity index (χ2n) is 5.34. The highest BCUT2D eigenvalue weighted by Gasteiger charge is 2.13. The number of anilines is 1. The highest BCUT2D eigenvalue weighted by molar-refractivity contribution is 6.05. The van der Waals surface area contributed by atoms with Gasteiger partial charge < -0.3 is 15.1 Å². The molecule has 6 heteroatoms. The number of nitrogens with one attached hydrogen (secondary N) is 2. The fourth-order valence-electron chi connectivity index (χ4n) is 2.59. The number of para-hydroxylation sites is 1. The maximum absolute atomic E-state index is 12.3. The van der Waals surface area contributed by atoms with E-state index in [1.165, 1.54) is 0 Å². The number of hydrogen-bond acceptors (Lipinski definition) is 4. The topological polar surface area (TPSA) is 66.6 Å². The van der Waals surface area contributed by atoms with Gasteiger partial charge in [-0.1, -0.05) is 18.2 Å². The van der Waals surface area contributed by atoms with Crippen molar-refractivity contribution in [3.63, 3.8) is 0 Å². The van der Waals surface area contributed by atoms with Gasteiger partial charge in [-0.05, 0) is 36.4 Å². The minimum atomic E-state index is -0.259. The van der Waals surface area contributed by atoms with Gasteiger partial charge in [0.1, 0.15) is 11.4 Å². The lowest BCUT2D eigenvalue weighted by Gasteiger charge is -2.05. The van der Waals surface area contributed by atoms with Crippen LogP contribution in [-0.2, 0) is 0 Å². The molecule has 24 heavy (non-hydrogen) atoms. The van der Waals surface area contributed by atoms with Gasteiger partial charge in [0, 0.05) is 23.2 Å². The molecule has 0 saturated heterocycles. The van der Waals surface area contributed by atoms with Gasteiger partial charge in [-0.2, -0.15) is 0 Å². The highest BCUT2D eigenvalue weighted by atomic mass is 35.5. The molecule has 0 spiro atoms. The molecule has 0 fully saturated rings. The average molecular weight is 342 g/mol. The summed E-state index contributed by atoms with van der Waals surface area (Å²) >= 11 is 0. The molecule has 0 saturated carbocycles. The molecule has 3 aromatic rings. The fraction of sp³-hybridized carbons (Fsp3) is 0.111. The van der Waals surface area contributed by atoms with Crippen LogP contribution in [0.4, 0.5) is 5.69 Å². The first-order valence-electron chi connectivity index (χ1n) is 7.48. The zero-order valence-electron chi connectivity index (χ0n) is 12.8. The molecule has 2 aromatic carbocycles. The van der Waals surface area contributed by atoms with Gasteiger partial charge in [-0.25, -0.2) is 0 Å². The molecule has 1 aromatic heterocycles. The second kappa shape index (κ2) is 6.76. The minimum Gasteiger partial charge on any atom is -0.451 e.